The Morgan fingerprint density at radius 1 is 0.794 bits per heavy atom. The van der Waals surface area contributed by atoms with Crippen molar-refractivity contribution >= 4 is 16.6 Å². The maximum Gasteiger partial charge on any atom is 0.192 e. The van der Waals surface area contributed by atoms with E-state index in [0.717, 1.165) is 11.3 Å². The molecule has 0 aliphatic rings. The zero-order valence-corrected chi connectivity index (χ0v) is 26.2. The SMILES string of the molecule is COc1ccc(COC[C@H](OC)[C@@H](O[Si](C)(C)C(C)(C)C)[C@H](C)CO[Si](C)(C)C(C)(C)C)cc1. The average molecular weight is 513 g/mol. The minimum absolute atomic E-state index is 0.105. The standard InChI is InChI=1S/C27H52O5Si2/c1-21(18-31-33(10,11)26(2,3)4)25(32-34(12,13)27(5,6)7)24(29-9)20-30-19-22-14-16-23(28-8)17-15-22/h14-17,21,24-25H,18-20H2,1-13H3/t21-,24+,25+/m1/s1. The minimum atomic E-state index is -2.03. The average Bonchev–Trinajstić information content (AvgIpc) is 2.72. The molecule has 198 valence electrons. The summed E-state index contributed by atoms with van der Waals surface area (Å²) in [7, 11) is -0.458. The van der Waals surface area contributed by atoms with Crippen molar-refractivity contribution in [2.24, 2.45) is 5.92 Å². The van der Waals surface area contributed by atoms with Crippen molar-refractivity contribution in [3.05, 3.63) is 29.8 Å². The number of ether oxygens (including phenoxy) is 3. The molecule has 5 nitrogen and oxygen atoms in total. The van der Waals surface area contributed by atoms with Crippen LogP contribution in [-0.4, -0.2) is 56.3 Å². The number of methoxy groups -OCH3 is 2. The minimum Gasteiger partial charge on any atom is -0.497 e. The highest BCUT2D eigenvalue weighted by Crippen LogP contribution is 2.40. The number of hydrogen-bond donors (Lipinski definition) is 0. The largest absolute Gasteiger partial charge is 0.497 e. The fourth-order valence-corrected chi connectivity index (χ4v) is 5.57. The monoisotopic (exact) mass is 512 g/mol. The van der Waals surface area contributed by atoms with Gasteiger partial charge in [-0.05, 0) is 54.0 Å². The summed E-state index contributed by atoms with van der Waals surface area (Å²) in [5.41, 5.74) is 1.10. The summed E-state index contributed by atoms with van der Waals surface area (Å²) in [5, 5.41) is 0.276. The summed E-state index contributed by atoms with van der Waals surface area (Å²) in [6.07, 6.45) is -0.281. The summed E-state index contributed by atoms with van der Waals surface area (Å²) in [6, 6.07) is 7.96. The van der Waals surface area contributed by atoms with Gasteiger partial charge in [0.05, 0.1) is 26.4 Å². The van der Waals surface area contributed by atoms with Crippen molar-refractivity contribution in [1.82, 2.24) is 0 Å². The molecule has 1 aromatic carbocycles. The van der Waals surface area contributed by atoms with Crippen LogP contribution in [0.15, 0.2) is 24.3 Å². The Bertz CT molecular complexity index is 720. The lowest BCUT2D eigenvalue weighted by Crippen LogP contribution is -2.52. The molecule has 1 rings (SSSR count). The van der Waals surface area contributed by atoms with Crippen LogP contribution >= 0.6 is 0 Å². The molecule has 0 aliphatic heterocycles. The highest BCUT2D eigenvalue weighted by molar-refractivity contribution is 6.74. The zero-order valence-electron chi connectivity index (χ0n) is 24.2. The molecule has 0 heterocycles. The number of rotatable bonds is 13. The van der Waals surface area contributed by atoms with Crippen molar-refractivity contribution in [3.63, 3.8) is 0 Å². The van der Waals surface area contributed by atoms with Crippen LogP contribution in [0.25, 0.3) is 0 Å². The van der Waals surface area contributed by atoms with Gasteiger partial charge in [0.2, 0.25) is 0 Å². The van der Waals surface area contributed by atoms with E-state index < -0.39 is 16.6 Å². The maximum absolute atomic E-state index is 6.95. The third-order valence-electron chi connectivity index (χ3n) is 7.69. The fourth-order valence-electron chi connectivity index (χ4n) is 3.04. The fraction of sp³-hybridized carbons (Fsp3) is 0.778. The Morgan fingerprint density at radius 2 is 1.32 bits per heavy atom. The molecule has 0 unspecified atom stereocenters. The molecule has 0 aliphatic carbocycles. The second-order valence-corrected chi connectivity index (χ2v) is 22.1. The van der Waals surface area contributed by atoms with Gasteiger partial charge in [-0.25, -0.2) is 0 Å². The van der Waals surface area contributed by atoms with Crippen molar-refractivity contribution < 1.29 is 23.1 Å². The van der Waals surface area contributed by atoms with E-state index in [-0.39, 0.29) is 28.2 Å². The van der Waals surface area contributed by atoms with E-state index >= 15 is 0 Å². The second kappa shape index (κ2) is 12.5. The Balaban J connectivity index is 2.98. The van der Waals surface area contributed by atoms with E-state index in [1.807, 2.05) is 24.3 Å². The number of hydrogen-bond acceptors (Lipinski definition) is 5. The van der Waals surface area contributed by atoms with Crippen molar-refractivity contribution in [2.45, 2.75) is 104 Å². The first kappa shape index (κ1) is 31.3. The molecule has 3 atom stereocenters. The highest BCUT2D eigenvalue weighted by atomic mass is 28.4. The first-order chi connectivity index (χ1) is 15.4. The second-order valence-electron chi connectivity index (χ2n) is 12.5. The van der Waals surface area contributed by atoms with Gasteiger partial charge in [0.1, 0.15) is 11.9 Å². The molecule has 0 fully saturated rings. The Labute approximate surface area is 212 Å². The van der Waals surface area contributed by atoms with Crippen LogP contribution in [0.1, 0.15) is 54.0 Å². The normalized spacial score (nSPS) is 16.3. The van der Waals surface area contributed by atoms with Crippen LogP contribution in [0, 0.1) is 5.92 Å². The van der Waals surface area contributed by atoms with Gasteiger partial charge in [0.15, 0.2) is 16.6 Å². The van der Waals surface area contributed by atoms with Gasteiger partial charge in [-0.2, -0.15) is 0 Å². The molecule has 0 N–H and O–H groups in total. The molecule has 0 saturated heterocycles. The van der Waals surface area contributed by atoms with Gasteiger partial charge in [0, 0.05) is 19.6 Å². The molecule has 34 heavy (non-hydrogen) atoms. The van der Waals surface area contributed by atoms with E-state index in [0.29, 0.717) is 19.8 Å². The van der Waals surface area contributed by atoms with Crippen LogP contribution in [0.2, 0.25) is 36.3 Å². The van der Waals surface area contributed by atoms with Gasteiger partial charge in [0.25, 0.3) is 0 Å². The molecule has 0 spiro atoms. The van der Waals surface area contributed by atoms with Crippen molar-refractivity contribution in [1.29, 1.82) is 0 Å². The summed E-state index contributed by atoms with van der Waals surface area (Å²) in [6.45, 7) is 26.7. The molecule has 1 aromatic rings. The van der Waals surface area contributed by atoms with Crippen LogP contribution in [0.3, 0.4) is 0 Å². The Morgan fingerprint density at radius 3 is 1.76 bits per heavy atom. The van der Waals surface area contributed by atoms with Gasteiger partial charge in [-0.3, -0.25) is 0 Å². The number of benzene rings is 1. The van der Waals surface area contributed by atoms with E-state index in [9.17, 15) is 0 Å². The first-order valence-electron chi connectivity index (χ1n) is 12.5. The molecular weight excluding hydrogens is 460 g/mol. The molecule has 0 bridgehead atoms. The first-order valence-corrected chi connectivity index (χ1v) is 18.3. The predicted octanol–water partition coefficient (Wildman–Crippen LogP) is 7.28. The van der Waals surface area contributed by atoms with Crippen LogP contribution < -0.4 is 4.74 Å². The predicted molar refractivity (Wildman–Crippen MR) is 148 cm³/mol. The molecular formula is C27H52O5Si2. The lowest BCUT2D eigenvalue weighted by molar-refractivity contribution is -0.0810. The van der Waals surface area contributed by atoms with E-state index in [4.69, 9.17) is 23.1 Å². The van der Waals surface area contributed by atoms with Crippen LogP contribution in [0.4, 0.5) is 0 Å². The van der Waals surface area contributed by atoms with Crippen LogP contribution in [0.5, 0.6) is 5.75 Å². The van der Waals surface area contributed by atoms with Gasteiger partial charge in [-0.1, -0.05) is 60.6 Å². The summed E-state index contributed by atoms with van der Waals surface area (Å²) < 4.78 is 30.9. The Hall–Kier alpha value is -0.706. The summed E-state index contributed by atoms with van der Waals surface area (Å²) in [5.74, 6) is 1.02. The smallest absolute Gasteiger partial charge is 0.192 e. The van der Waals surface area contributed by atoms with E-state index in [2.05, 4.69) is 74.7 Å². The summed E-state index contributed by atoms with van der Waals surface area (Å²) in [4.78, 5) is 0. The molecule has 0 radical (unpaired) electrons. The third-order valence-corrected chi connectivity index (χ3v) is 16.7. The topological polar surface area (TPSA) is 46.2 Å². The third kappa shape index (κ3) is 9.06. The molecule has 0 saturated carbocycles. The van der Waals surface area contributed by atoms with Crippen molar-refractivity contribution in [2.75, 3.05) is 27.4 Å². The summed E-state index contributed by atoms with van der Waals surface area (Å²) >= 11 is 0. The van der Waals surface area contributed by atoms with E-state index in [1.54, 1.807) is 14.2 Å². The maximum atomic E-state index is 6.95. The molecule has 7 heteroatoms. The quantitative estimate of drug-likeness (QED) is 0.260. The highest BCUT2D eigenvalue weighted by Gasteiger charge is 2.43. The van der Waals surface area contributed by atoms with Gasteiger partial charge in [-0.15, -0.1) is 0 Å². The lowest BCUT2D eigenvalue weighted by Gasteiger charge is -2.44. The zero-order chi connectivity index (χ0) is 26.4. The molecule has 0 amide bonds. The van der Waals surface area contributed by atoms with Gasteiger partial charge < -0.3 is 23.1 Å². The molecule has 0 aromatic heterocycles. The lowest BCUT2D eigenvalue weighted by atomic mass is 10.0. The van der Waals surface area contributed by atoms with E-state index in [1.165, 1.54) is 0 Å². The van der Waals surface area contributed by atoms with Crippen molar-refractivity contribution in [3.8, 4) is 5.75 Å². The van der Waals surface area contributed by atoms with Gasteiger partial charge >= 0.3 is 0 Å². The van der Waals surface area contributed by atoms with Crippen LogP contribution in [-0.2, 0) is 24.9 Å². The Kier molecular flexibility index (Phi) is 11.5.